The van der Waals surface area contributed by atoms with E-state index in [1.807, 2.05) is 61.5 Å². The van der Waals surface area contributed by atoms with Crippen LogP contribution in [0.4, 0.5) is 5.69 Å². The number of benzene rings is 3. The summed E-state index contributed by atoms with van der Waals surface area (Å²) >= 11 is 12.3. The molecule has 0 aromatic heterocycles. The second-order valence-corrected chi connectivity index (χ2v) is 11.7. The summed E-state index contributed by atoms with van der Waals surface area (Å²) in [6.45, 7) is 3.69. The Labute approximate surface area is 234 Å². The van der Waals surface area contributed by atoms with E-state index < -0.39 is 28.5 Å². The predicted molar refractivity (Wildman–Crippen MR) is 153 cm³/mol. The monoisotopic (exact) mass is 575 g/mol. The van der Waals surface area contributed by atoms with Crippen LogP contribution in [0.5, 0.6) is 0 Å². The maximum absolute atomic E-state index is 14.0. The van der Waals surface area contributed by atoms with Gasteiger partial charge in [-0.15, -0.1) is 0 Å². The van der Waals surface area contributed by atoms with Crippen molar-refractivity contribution in [1.29, 1.82) is 0 Å². The molecule has 0 heterocycles. The first-order valence-corrected chi connectivity index (χ1v) is 14.7. The fraction of sp³-hybridized carbons (Fsp3) is 0.286. The number of rotatable bonds is 11. The lowest BCUT2D eigenvalue weighted by Gasteiger charge is -2.33. The molecule has 3 aromatic carbocycles. The third-order valence-electron chi connectivity index (χ3n) is 6.04. The van der Waals surface area contributed by atoms with Crippen LogP contribution >= 0.6 is 23.2 Å². The van der Waals surface area contributed by atoms with Gasteiger partial charge in [0.15, 0.2) is 0 Å². The molecule has 202 valence electrons. The van der Waals surface area contributed by atoms with Crippen molar-refractivity contribution in [2.45, 2.75) is 32.9 Å². The van der Waals surface area contributed by atoms with E-state index in [4.69, 9.17) is 23.2 Å². The number of anilines is 1. The molecule has 0 aliphatic rings. The van der Waals surface area contributed by atoms with Crippen LogP contribution in [0.25, 0.3) is 0 Å². The molecule has 0 saturated heterocycles. The van der Waals surface area contributed by atoms with E-state index in [0.29, 0.717) is 6.54 Å². The van der Waals surface area contributed by atoms with E-state index in [1.165, 1.54) is 23.1 Å². The van der Waals surface area contributed by atoms with Crippen LogP contribution in [0.2, 0.25) is 10.0 Å². The molecule has 0 radical (unpaired) electrons. The Hall–Kier alpha value is -3.07. The molecule has 1 N–H and O–H groups in total. The fourth-order valence-corrected chi connectivity index (χ4v) is 5.46. The normalized spacial score (nSPS) is 12.0. The first-order chi connectivity index (χ1) is 18.0. The molecule has 2 amide bonds. The number of nitrogens with zero attached hydrogens (tertiary/aromatic N) is 2. The van der Waals surface area contributed by atoms with E-state index in [1.54, 1.807) is 6.92 Å². The maximum Gasteiger partial charge on any atom is 0.244 e. The second-order valence-electron chi connectivity index (χ2n) is 8.95. The summed E-state index contributed by atoms with van der Waals surface area (Å²) in [5, 5.41) is 3.29. The molecule has 7 nitrogen and oxygen atoms in total. The molecule has 3 aromatic rings. The van der Waals surface area contributed by atoms with Crippen LogP contribution in [-0.2, 0) is 32.6 Å². The molecule has 0 aliphatic carbocycles. The van der Waals surface area contributed by atoms with Crippen molar-refractivity contribution < 1.29 is 18.0 Å². The molecule has 38 heavy (non-hydrogen) atoms. The van der Waals surface area contributed by atoms with Crippen molar-refractivity contribution in [3.63, 3.8) is 0 Å². The first kappa shape index (κ1) is 29.5. The number of sulfonamides is 1. The number of hydrogen-bond donors (Lipinski definition) is 1. The van der Waals surface area contributed by atoms with Gasteiger partial charge in [0.05, 0.1) is 11.9 Å². The third-order valence-corrected chi connectivity index (χ3v) is 7.62. The van der Waals surface area contributed by atoms with Crippen LogP contribution in [0.1, 0.15) is 23.6 Å². The molecule has 0 bridgehead atoms. The van der Waals surface area contributed by atoms with Gasteiger partial charge in [-0.2, -0.15) is 0 Å². The SMILES string of the molecule is CCNC(=O)C(Cc1ccccc1)N(Cc1ccccc1C)C(=O)CN(c1cc(Cl)cc(Cl)c1)S(C)(=O)=O. The lowest BCUT2D eigenvalue weighted by Crippen LogP contribution is -2.53. The highest BCUT2D eigenvalue weighted by atomic mass is 35.5. The van der Waals surface area contributed by atoms with Gasteiger partial charge in [0.1, 0.15) is 12.6 Å². The molecule has 0 fully saturated rings. The van der Waals surface area contributed by atoms with Gasteiger partial charge in [-0.1, -0.05) is 77.8 Å². The molecule has 3 rings (SSSR count). The average molecular weight is 577 g/mol. The summed E-state index contributed by atoms with van der Waals surface area (Å²) in [6, 6.07) is 20.4. The highest BCUT2D eigenvalue weighted by molar-refractivity contribution is 7.92. The molecule has 10 heteroatoms. The van der Waals surface area contributed by atoms with E-state index in [2.05, 4.69) is 5.32 Å². The largest absolute Gasteiger partial charge is 0.355 e. The smallest absolute Gasteiger partial charge is 0.244 e. The van der Waals surface area contributed by atoms with Gasteiger partial charge >= 0.3 is 0 Å². The van der Waals surface area contributed by atoms with Crippen molar-refractivity contribution in [3.8, 4) is 0 Å². The summed E-state index contributed by atoms with van der Waals surface area (Å²) in [5.74, 6) is -0.864. The van der Waals surface area contributed by atoms with E-state index in [0.717, 1.165) is 27.3 Å². The lowest BCUT2D eigenvalue weighted by atomic mass is 10.0. The number of aryl methyl sites for hydroxylation is 1. The van der Waals surface area contributed by atoms with Gasteiger partial charge in [0, 0.05) is 29.6 Å². The Kier molecular flexibility index (Phi) is 10.2. The Balaban J connectivity index is 2.07. The second kappa shape index (κ2) is 13.1. The van der Waals surface area contributed by atoms with E-state index >= 15 is 0 Å². The molecule has 0 aliphatic heterocycles. The molecule has 0 spiro atoms. The zero-order valence-electron chi connectivity index (χ0n) is 21.5. The third kappa shape index (κ3) is 7.96. The number of amides is 2. The average Bonchev–Trinajstić information content (AvgIpc) is 2.85. The van der Waals surface area contributed by atoms with Gasteiger partial charge in [0.25, 0.3) is 0 Å². The summed E-state index contributed by atoms with van der Waals surface area (Å²) in [7, 11) is -3.91. The summed E-state index contributed by atoms with van der Waals surface area (Å²) in [5.41, 5.74) is 2.82. The Morgan fingerprint density at radius 1 is 0.947 bits per heavy atom. The minimum absolute atomic E-state index is 0.119. The number of likely N-dealkylation sites (N-methyl/N-ethyl adjacent to an activating group) is 1. The molecule has 0 saturated carbocycles. The lowest BCUT2D eigenvalue weighted by molar-refractivity contribution is -0.140. The maximum atomic E-state index is 14.0. The van der Waals surface area contributed by atoms with Crippen LogP contribution in [0.15, 0.2) is 72.8 Å². The van der Waals surface area contributed by atoms with Crippen molar-refractivity contribution in [1.82, 2.24) is 10.2 Å². The fourth-order valence-electron chi connectivity index (χ4n) is 4.11. The van der Waals surface area contributed by atoms with Gasteiger partial charge in [-0.25, -0.2) is 8.42 Å². The zero-order valence-corrected chi connectivity index (χ0v) is 23.9. The van der Waals surface area contributed by atoms with Crippen molar-refractivity contribution >= 4 is 50.7 Å². The van der Waals surface area contributed by atoms with Crippen LogP contribution in [0.3, 0.4) is 0 Å². The van der Waals surface area contributed by atoms with Gasteiger partial charge < -0.3 is 10.2 Å². The van der Waals surface area contributed by atoms with E-state index in [-0.39, 0.29) is 34.6 Å². The van der Waals surface area contributed by atoms with Gasteiger partial charge in [-0.3, -0.25) is 13.9 Å². The summed E-state index contributed by atoms with van der Waals surface area (Å²) in [6.07, 6.45) is 1.26. The Bertz CT molecular complexity index is 1360. The molecular weight excluding hydrogens is 545 g/mol. The van der Waals surface area contributed by atoms with Gasteiger partial charge in [-0.05, 0) is 48.7 Å². The number of halogens is 2. The van der Waals surface area contributed by atoms with Crippen molar-refractivity contribution in [3.05, 3.63) is 99.5 Å². The standard InChI is InChI=1S/C28H31Cl2N3O4S/c1-4-31-28(35)26(14-21-11-6-5-7-12-21)32(18-22-13-9-8-10-20(22)2)27(34)19-33(38(3,36)37)25-16-23(29)15-24(30)17-25/h5-13,15-17,26H,4,14,18-19H2,1-3H3,(H,31,35). The topological polar surface area (TPSA) is 86.8 Å². The van der Waals surface area contributed by atoms with E-state index in [9.17, 15) is 18.0 Å². The van der Waals surface area contributed by atoms with Crippen molar-refractivity contribution in [2.24, 2.45) is 0 Å². The molecule has 1 atom stereocenters. The summed E-state index contributed by atoms with van der Waals surface area (Å²) < 4.78 is 26.6. The highest BCUT2D eigenvalue weighted by Crippen LogP contribution is 2.27. The predicted octanol–water partition coefficient (Wildman–Crippen LogP) is 4.84. The Morgan fingerprint density at radius 2 is 1.55 bits per heavy atom. The molecule has 1 unspecified atom stereocenters. The number of nitrogens with one attached hydrogen (secondary N) is 1. The van der Waals surface area contributed by atoms with Crippen LogP contribution in [-0.4, -0.2) is 50.5 Å². The zero-order chi connectivity index (χ0) is 27.9. The highest BCUT2D eigenvalue weighted by Gasteiger charge is 2.33. The number of carbonyl (C=O) groups excluding carboxylic acids is 2. The molecular formula is C28H31Cl2N3O4S. The number of carbonyl (C=O) groups is 2. The minimum atomic E-state index is -3.91. The number of hydrogen-bond acceptors (Lipinski definition) is 4. The Morgan fingerprint density at radius 3 is 2.13 bits per heavy atom. The minimum Gasteiger partial charge on any atom is -0.355 e. The summed E-state index contributed by atoms with van der Waals surface area (Å²) in [4.78, 5) is 28.8. The first-order valence-electron chi connectivity index (χ1n) is 12.1. The van der Waals surface area contributed by atoms with Crippen molar-refractivity contribution in [2.75, 3.05) is 23.7 Å². The van der Waals surface area contributed by atoms with Crippen LogP contribution < -0.4 is 9.62 Å². The van der Waals surface area contributed by atoms with Crippen LogP contribution in [0, 0.1) is 6.92 Å². The quantitative estimate of drug-likeness (QED) is 0.354. The van der Waals surface area contributed by atoms with Gasteiger partial charge in [0.2, 0.25) is 21.8 Å².